The van der Waals surface area contributed by atoms with E-state index >= 15 is 0 Å². The van der Waals surface area contributed by atoms with E-state index in [-0.39, 0.29) is 0 Å². The molecule has 3 aromatic carbocycles. The van der Waals surface area contributed by atoms with Crippen LogP contribution in [0.15, 0.2) is 66.7 Å². The van der Waals surface area contributed by atoms with Gasteiger partial charge in [0.2, 0.25) is 0 Å². The highest BCUT2D eigenvalue weighted by Gasteiger charge is 2.18. The van der Waals surface area contributed by atoms with Gasteiger partial charge in [-0.15, -0.1) is 0 Å². The predicted octanol–water partition coefficient (Wildman–Crippen LogP) is 5.69. The Balaban J connectivity index is 1.37. The molecular formula is C26H29NO. The molecule has 0 amide bonds. The maximum absolute atomic E-state index is 6.07. The zero-order valence-electron chi connectivity index (χ0n) is 16.7. The zero-order chi connectivity index (χ0) is 19.3. The minimum absolute atomic E-state index is 0.600. The van der Waals surface area contributed by atoms with Crippen molar-refractivity contribution in [3.63, 3.8) is 0 Å². The molecule has 3 aromatic rings. The molecule has 1 unspecified atom stereocenters. The molecule has 0 aromatic heterocycles. The number of hydrogen-bond donors (Lipinski definition) is 1. The third-order valence-corrected chi connectivity index (χ3v) is 5.83. The second kappa shape index (κ2) is 8.62. The number of nitrogens with two attached hydrogens (primary N) is 1. The fourth-order valence-corrected chi connectivity index (χ4v) is 4.08. The van der Waals surface area contributed by atoms with Crippen molar-refractivity contribution in [2.24, 2.45) is 11.7 Å². The van der Waals surface area contributed by atoms with Crippen LogP contribution >= 0.6 is 0 Å². The van der Waals surface area contributed by atoms with Crippen LogP contribution < -0.4 is 10.5 Å². The van der Waals surface area contributed by atoms with E-state index in [1.165, 1.54) is 39.8 Å². The first-order valence-electron chi connectivity index (χ1n) is 10.3. The van der Waals surface area contributed by atoms with Crippen molar-refractivity contribution in [1.29, 1.82) is 0 Å². The Morgan fingerprint density at radius 3 is 2.32 bits per heavy atom. The van der Waals surface area contributed by atoms with Crippen LogP contribution in [-0.2, 0) is 19.4 Å². The van der Waals surface area contributed by atoms with Crippen LogP contribution in [0.4, 0.5) is 0 Å². The lowest BCUT2D eigenvalue weighted by Gasteiger charge is -2.24. The largest absolute Gasteiger partial charge is 0.489 e. The molecule has 0 radical (unpaired) electrons. The van der Waals surface area contributed by atoms with Crippen molar-refractivity contribution in [2.75, 3.05) is 6.54 Å². The minimum Gasteiger partial charge on any atom is -0.489 e. The van der Waals surface area contributed by atoms with E-state index in [1.54, 1.807) is 0 Å². The number of fused-ring (bicyclic) bond motifs is 1. The predicted molar refractivity (Wildman–Crippen MR) is 117 cm³/mol. The van der Waals surface area contributed by atoms with E-state index in [0.29, 0.717) is 6.61 Å². The number of rotatable bonds is 6. The summed E-state index contributed by atoms with van der Waals surface area (Å²) in [5, 5.41) is 0. The van der Waals surface area contributed by atoms with Gasteiger partial charge in [-0.3, -0.25) is 0 Å². The molecular weight excluding hydrogens is 342 g/mol. The molecule has 144 valence electrons. The topological polar surface area (TPSA) is 35.2 Å². The first kappa shape index (κ1) is 18.8. The van der Waals surface area contributed by atoms with Gasteiger partial charge >= 0.3 is 0 Å². The molecule has 0 spiro atoms. The SMILES string of the molecule is Cc1ccc(-c2ccc(COc3ccc4c(c3)CCC(CCN)C4)cc2)cc1. The lowest BCUT2D eigenvalue weighted by Crippen LogP contribution is -2.17. The molecule has 0 fully saturated rings. The summed E-state index contributed by atoms with van der Waals surface area (Å²) in [5.41, 5.74) is 13.6. The number of benzene rings is 3. The van der Waals surface area contributed by atoms with Crippen LogP contribution in [0.5, 0.6) is 5.75 Å². The standard InChI is InChI=1S/C26H29NO/c1-19-2-7-22(8-3-19)23-9-5-21(6-10-23)18-28-26-13-12-24-16-20(14-15-27)4-11-25(24)17-26/h2-3,5-10,12-13,17,20H,4,11,14-16,18,27H2,1H3. The van der Waals surface area contributed by atoms with Gasteiger partial charge in [0.25, 0.3) is 0 Å². The van der Waals surface area contributed by atoms with E-state index in [0.717, 1.165) is 37.5 Å². The zero-order valence-corrected chi connectivity index (χ0v) is 16.7. The molecule has 0 saturated heterocycles. The van der Waals surface area contributed by atoms with E-state index in [9.17, 15) is 0 Å². The molecule has 1 aliphatic rings. The first-order chi connectivity index (χ1) is 13.7. The Morgan fingerprint density at radius 1 is 0.893 bits per heavy atom. The van der Waals surface area contributed by atoms with Crippen LogP contribution in [0.2, 0.25) is 0 Å². The Morgan fingerprint density at radius 2 is 1.61 bits per heavy atom. The van der Waals surface area contributed by atoms with E-state index in [4.69, 9.17) is 10.5 Å². The van der Waals surface area contributed by atoms with Crippen molar-refractivity contribution in [1.82, 2.24) is 0 Å². The first-order valence-corrected chi connectivity index (χ1v) is 10.3. The average Bonchev–Trinajstić information content (AvgIpc) is 2.73. The van der Waals surface area contributed by atoms with Gasteiger partial charge in [0.1, 0.15) is 12.4 Å². The van der Waals surface area contributed by atoms with Gasteiger partial charge in [-0.2, -0.15) is 0 Å². The third-order valence-electron chi connectivity index (χ3n) is 5.83. The molecule has 1 aliphatic carbocycles. The fraction of sp³-hybridized carbons (Fsp3) is 0.308. The van der Waals surface area contributed by atoms with Gasteiger partial charge in [-0.05, 0) is 85.0 Å². The second-order valence-electron chi connectivity index (χ2n) is 7.97. The van der Waals surface area contributed by atoms with Gasteiger partial charge in [-0.1, -0.05) is 60.2 Å². The summed E-state index contributed by atoms with van der Waals surface area (Å²) in [5.74, 6) is 1.72. The van der Waals surface area contributed by atoms with Gasteiger partial charge in [0.05, 0.1) is 0 Å². The highest BCUT2D eigenvalue weighted by atomic mass is 16.5. The lowest BCUT2D eigenvalue weighted by molar-refractivity contribution is 0.305. The molecule has 2 nitrogen and oxygen atoms in total. The number of aryl methyl sites for hydroxylation is 2. The Hall–Kier alpha value is -2.58. The van der Waals surface area contributed by atoms with Crippen LogP contribution in [0.25, 0.3) is 11.1 Å². The van der Waals surface area contributed by atoms with Gasteiger partial charge in [0.15, 0.2) is 0 Å². The summed E-state index contributed by atoms with van der Waals surface area (Å²) < 4.78 is 6.07. The highest BCUT2D eigenvalue weighted by molar-refractivity contribution is 5.63. The molecule has 2 heteroatoms. The lowest BCUT2D eigenvalue weighted by atomic mass is 9.82. The minimum atomic E-state index is 0.600. The Kier molecular flexibility index (Phi) is 5.78. The van der Waals surface area contributed by atoms with Crippen molar-refractivity contribution < 1.29 is 4.74 Å². The van der Waals surface area contributed by atoms with Crippen molar-refractivity contribution in [3.05, 3.63) is 89.0 Å². The quantitative estimate of drug-likeness (QED) is 0.604. The van der Waals surface area contributed by atoms with Crippen molar-refractivity contribution in [3.8, 4) is 16.9 Å². The number of hydrogen-bond acceptors (Lipinski definition) is 2. The second-order valence-corrected chi connectivity index (χ2v) is 7.97. The van der Waals surface area contributed by atoms with Gasteiger partial charge in [0, 0.05) is 0 Å². The normalized spacial score (nSPS) is 15.9. The summed E-state index contributed by atoms with van der Waals surface area (Å²) in [6, 6.07) is 23.9. The Bertz CT molecular complexity index is 912. The highest BCUT2D eigenvalue weighted by Crippen LogP contribution is 2.30. The number of ether oxygens (including phenoxy) is 1. The smallest absolute Gasteiger partial charge is 0.120 e. The molecule has 0 heterocycles. The molecule has 0 bridgehead atoms. The third kappa shape index (κ3) is 4.45. The summed E-state index contributed by atoms with van der Waals surface area (Å²) in [6.45, 7) is 3.51. The molecule has 4 rings (SSSR count). The summed E-state index contributed by atoms with van der Waals surface area (Å²) in [4.78, 5) is 0. The van der Waals surface area contributed by atoms with E-state index in [1.807, 2.05) is 0 Å². The maximum atomic E-state index is 6.07. The van der Waals surface area contributed by atoms with Crippen LogP contribution in [0, 0.1) is 12.8 Å². The van der Waals surface area contributed by atoms with Gasteiger partial charge in [-0.25, -0.2) is 0 Å². The van der Waals surface area contributed by atoms with Crippen LogP contribution in [-0.4, -0.2) is 6.54 Å². The van der Waals surface area contributed by atoms with Crippen LogP contribution in [0.1, 0.15) is 35.1 Å². The molecule has 1 atom stereocenters. The molecule has 28 heavy (non-hydrogen) atoms. The van der Waals surface area contributed by atoms with Crippen molar-refractivity contribution in [2.45, 2.75) is 39.2 Å². The van der Waals surface area contributed by atoms with E-state index < -0.39 is 0 Å². The summed E-state index contributed by atoms with van der Waals surface area (Å²) in [6.07, 6.45) is 4.68. The molecule has 2 N–H and O–H groups in total. The summed E-state index contributed by atoms with van der Waals surface area (Å²) >= 11 is 0. The van der Waals surface area contributed by atoms with Gasteiger partial charge < -0.3 is 10.5 Å². The van der Waals surface area contributed by atoms with Crippen molar-refractivity contribution >= 4 is 0 Å². The Labute approximate surface area is 168 Å². The molecule has 0 saturated carbocycles. The van der Waals surface area contributed by atoms with E-state index in [2.05, 4.69) is 73.7 Å². The summed E-state index contributed by atoms with van der Waals surface area (Å²) in [7, 11) is 0. The molecule has 0 aliphatic heterocycles. The maximum Gasteiger partial charge on any atom is 0.120 e. The average molecular weight is 372 g/mol. The van der Waals surface area contributed by atoms with Crippen LogP contribution in [0.3, 0.4) is 0 Å². The fourth-order valence-electron chi connectivity index (χ4n) is 4.08. The monoisotopic (exact) mass is 371 g/mol.